The standard InChI is InChI=1S/C10H8BrClF2O3/c1-16-9(15)6-2-5(4-12)3-7(8(6)11)17-10(13)14/h2-3,10H,4H2,1H3. The molecule has 0 fully saturated rings. The maximum absolute atomic E-state index is 12.2. The van der Waals surface area contributed by atoms with Gasteiger partial charge in [0.1, 0.15) is 5.75 Å². The molecule has 0 N–H and O–H groups in total. The molecule has 0 aliphatic carbocycles. The van der Waals surface area contributed by atoms with Crippen LogP contribution >= 0.6 is 27.5 Å². The van der Waals surface area contributed by atoms with E-state index in [9.17, 15) is 13.6 Å². The van der Waals surface area contributed by atoms with Crippen LogP contribution in [0.5, 0.6) is 5.75 Å². The molecule has 3 nitrogen and oxygen atoms in total. The van der Waals surface area contributed by atoms with Gasteiger partial charge in [-0.1, -0.05) is 0 Å². The maximum atomic E-state index is 12.2. The van der Waals surface area contributed by atoms with E-state index in [0.29, 0.717) is 5.56 Å². The molecule has 0 amide bonds. The molecule has 0 radical (unpaired) electrons. The van der Waals surface area contributed by atoms with E-state index in [1.54, 1.807) is 0 Å². The van der Waals surface area contributed by atoms with Crippen LogP contribution in [-0.4, -0.2) is 19.7 Å². The Hall–Kier alpha value is -0.880. The van der Waals surface area contributed by atoms with Crippen molar-refractivity contribution in [3.63, 3.8) is 0 Å². The summed E-state index contributed by atoms with van der Waals surface area (Å²) in [7, 11) is 1.19. The van der Waals surface area contributed by atoms with Crippen molar-refractivity contribution < 1.29 is 23.0 Å². The number of benzene rings is 1. The molecule has 0 aromatic heterocycles. The van der Waals surface area contributed by atoms with Crippen LogP contribution in [0.25, 0.3) is 0 Å². The van der Waals surface area contributed by atoms with Crippen molar-refractivity contribution >= 4 is 33.5 Å². The van der Waals surface area contributed by atoms with Gasteiger partial charge in [0.25, 0.3) is 0 Å². The predicted molar refractivity (Wildman–Crippen MR) is 61.7 cm³/mol. The molecule has 94 valence electrons. The molecule has 0 bridgehead atoms. The molecule has 1 aromatic carbocycles. The fraction of sp³-hybridized carbons (Fsp3) is 0.300. The lowest BCUT2D eigenvalue weighted by molar-refractivity contribution is -0.0504. The van der Waals surface area contributed by atoms with E-state index in [-0.39, 0.29) is 21.7 Å². The summed E-state index contributed by atoms with van der Waals surface area (Å²) in [6, 6.07) is 2.77. The topological polar surface area (TPSA) is 35.5 Å². The minimum atomic E-state index is -2.98. The van der Waals surface area contributed by atoms with Gasteiger partial charge in [-0.3, -0.25) is 0 Å². The first-order chi connectivity index (χ1) is 7.99. The zero-order valence-electron chi connectivity index (χ0n) is 8.68. The molecule has 0 unspecified atom stereocenters. The van der Waals surface area contributed by atoms with Gasteiger partial charge in [-0.05, 0) is 33.6 Å². The zero-order chi connectivity index (χ0) is 13.0. The minimum Gasteiger partial charge on any atom is -0.465 e. The predicted octanol–water partition coefficient (Wildman–Crippen LogP) is 3.58. The monoisotopic (exact) mass is 328 g/mol. The molecular formula is C10H8BrClF2O3. The number of hydrogen-bond donors (Lipinski definition) is 0. The highest BCUT2D eigenvalue weighted by Crippen LogP contribution is 2.32. The van der Waals surface area contributed by atoms with Gasteiger partial charge in [0, 0.05) is 5.88 Å². The highest BCUT2D eigenvalue weighted by Gasteiger charge is 2.18. The highest BCUT2D eigenvalue weighted by molar-refractivity contribution is 9.10. The Morgan fingerprint density at radius 2 is 2.18 bits per heavy atom. The Bertz CT molecular complexity index is 426. The number of methoxy groups -OCH3 is 1. The normalized spacial score (nSPS) is 10.5. The highest BCUT2D eigenvalue weighted by atomic mass is 79.9. The van der Waals surface area contributed by atoms with E-state index in [4.69, 9.17) is 11.6 Å². The lowest BCUT2D eigenvalue weighted by Crippen LogP contribution is -2.08. The first-order valence-electron chi connectivity index (χ1n) is 4.41. The van der Waals surface area contributed by atoms with Crippen LogP contribution in [-0.2, 0) is 10.6 Å². The number of alkyl halides is 3. The van der Waals surface area contributed by atoms with Crippen molar-refractivity contribution in [1.82, 2.24) is 0 Å². The molecular weight excluding hydrogens is 321 g/mol. The quantitative estimate of drug-likeness (QED) is 0.626. The Morgan fingerprint density at radius 3 is 2.65 bits per heavy atom. The Morgan fingerprint density at radius 1 is 1.53 bits per heavy atom. The number of halogens is 4. The Labute approximate surface area is 110 Å². The zero-order valence-corrected chi connectivity index (χ0v) is 11.0. The third-order valence-corrected chi connectivity index (χ3v) is 3.00. The Kier molecular flexibility index (Phi) is 5.14. The fourth-order valence-corrected chi connectivity index (χ4v) is 1.81. The van der Waals surface area contributed by atoms with Gasteiger partial charge >= 0.3 is 12.6 Å². The van der Waals surface area contributed by atoms with Gasteiger partial charge in [0.15, 0.2) is 0 Å². The molecule has 0 saturated heterocycles. The lowest BCUT2D eigenvalue weighted by atomic mass is 10.1. The van der Waals surface area contributed by atoms with Crippen molar-refractivity contribution in [2.24, 2.45) is 0 Å². The summed E-state index contributed by atoms with van der Waals surface area (Å²) in [5.41, 5.74) is 0.562. The summed E-state index contributed by atoms with van der Waals surface area (Å²) in [6.07, 6.45) is 0. The molecule has 0 heterocycles. The third kappa shape index (κ3) is 3.54. The average Bonchev–Trinajstić information content (AvgIpc) is 2.30. The molecule has 1 rings (SSSR count). The van der Waals surface area contributed by atoms with E-state index < -0.39 is 12.6 Å². The van der Waals surface area contributed by atoms with Gasteiger partial charge in [-0.15, -0.1) is 11.6 Å². The number of ether oxygens (including phenoxy) is 2. The number of esters is 1. The largest absolute Gasteiger partial charge is 0.465 e. The van der Waals surface area contributed by atoms with E-state index in [1.807, 2.05) is 0 Å². The molecule has 0 aliphatic rings. The summed E-state index contributed by atoms with van der Waals surface area (Å²) in [5, 5.41) is 0. The second-order valence-corrected chi connectivity index (χ2v) is 4.02. The van der Waals surface area contributed by atoms with Gasteiger partial charge in [0.05, 0.1) is 17.1 Å². The Balaban J connectivity index is 3.25. The number of hydrogen-bond acceptors (Lipinski definition) is 3. The van der Waals surface area contributed by atoms with E-state index in [2.05, 4.69) is 25.4 Å². The third-order valence-electron chi connectivity index (χ3n) is 1.87. The molecule has 7 heteroatoms. The van der Waals surface area contributed by atoms with Crippen LogP contribution in [0, 0.1) is 0 Å². The first-order valence-corrected chi connectivity index (χ1v) is 5.73. The summed E-state index contributed by atoms with van der Waals surface area (Å²) in [4.78, 5) is 11.4. The first kappa shape index (κ1) is 14.2. The van der Waals surface area contributed by atoms with Crippen molar-refractivity contribution in [3.05, 3.63) is 27.7 Å². The molecule has 0 aliphatic heterocycles. The van der Waals surface area contributed by atoms with Crippen molar-refractivity contribution in [2.75, 3.05) is 7.11 Å². The van der Waals surface area contributed by atoms with Crippen molar-refractivity contribution in [3.8, 4) is 5.75 Å². The van der Waals surface area contributed by atoms with Gasteiger partial charge in [-0.25, -0.2) is 4.79 Å². The van der Waals surface area contributed by atoms with E-state index in [1.165, 1.54) is 19.2 Å². The lowest BCUT2D eigenvalue weighted by Gasteiger charge is -2.11. The number of carbonyl (C=O) groups excluding carboxylic acids is 1. The van der Waals surface area contributed by atoms with Gasteiger partial charge in [-0.2, -0.15) is 8.78 Å². The second-order valence-electron chi connectivity index (χ2n) is 2.96. The molecule has 1 aromatic rings. The summed E-state index contributed by atoms with van der Waals surface area (Å²) in [6.45, 7) is -2.98. The maximum Gasteiger partial charge on any atom is 0.387 e. The summed E-state index contributed by atoms with van der Waals surface area (Å²) < 4.78 is 33.2. The smallest absolute Gasteiger partial charge is 0.387 e. The second kappa shape index (κ2) is 6.16. The van der Waals surface area contributed by atoms with Crippen molar-refractivity contribution in [2.45, 2.75) is 12.5 Å². The molecule has 0 atom stereocenters. The molecule has 17 heavy (non-hydrogen) atoms. The minimum absolute atomic E-state index is 0.0663. The number of carbonyl (C=O) groups is 1. The van der Waals surface area contributed by atoms with Crippen LogP contribution in [0.3, 0.4) is 0 Å². The number of rotatable bonds is 4. The fourth-order valence-electron chi connectivity index (χ4n) is 1.17. The van der Waals surface area contributed by atoms with Gasteiger partial charge < -0.3 is 9.47 Å². The summed E-state index contributed by atoms with van der Waals surface area (Å²) in [5.74, 6) is -0.752. The average molecular weight is 330 g/mol. The van der Waals surface area contributed by atoms with E-state index in [0.717, 1.165) is 0 Å². The van der Waals surface area contributed by atoms with Crippen molar-refractivity contribution in [1.29, 1.82) is 0 Å². The van der Waals surface area contributed by atoms with Crippen LogP contribution in [0.15, 0.2) is 16.6 Å². The summed E-state index contributed by atoms with van der Waals surface area (Å²) >= 11 is 8.61. The van der Waals surface area contributed by atoms with E-state index >= 15 is 0 Å². The SMILES string of the molecule is COC(=O)c1cc(CCl)cc(OC(F)F)c1Br. The van der Waals surface area contributed by atoms with Crippen LogP contribution < -0.4 is 4.74 Å². The van der Waals surface area contributed by atoms with Crippen LogP contribution in [0.1, 0.15) is 15.9 Å². The van der Waals surface area contributed by atoms with Gasteiger partial charge in [0.2, 0.25) is 0 Å². The van der Waals surface area contributed by atoms with Crippen LogP contribution in [0.2, 0.25) is 0 Å². The molecule has 0 spiro atoms. The van der Waals surface area contributed by atoms with Crippen LogP contribution in [0.4, 0.5) is 8.78 Å². The molecule has 0 saturated carbocycles.